The number of benzene rings is 1. The zero-order valence-corrected chi connectivity index (χ0v) is 14.9. The Morgan fingerprint density at radius 1 is 1.19 bits per heavy atom. The number of rotatable bonds is 3. The molecule has 0 aliphatic carbocycles. The van der Waals surface area contributed by atoms with Crippen LogP contribution in [0.5, 0.6) is 0 Å². The Morgan fingerprint density at radius 2 is 2.04 bits per heavy atom. The molecular weight excluding hydrogens is 352 g/mol. The summed E-state index contributed by atoms with van der Waals surface area (Å²) in [5.74, 6) is 0.828. The van der Waals surface area contributed by atoms with Crippen molar-refractivity contribution in [3.63, 3.8) is 0 Å². The first-order valence-corrected chi connectivity index (χ1v) is 8.31. The summed E-state index contributed by atoms with van der Waals surface area (Å²) in [6.45, 7) is 1.81. The molecule has 1 aromatic carbocycles. The molecule has 1 N–H and O–H groups in total. The zero-order valence-electron chi connectivity index (χ0n) is 14.1. The highest BCUT2D eigenvalue weighted by Gasteiger charge is 2.15. The summed E-state index contributed by atoms with van der Waals surface area (Å²) >= 11 is 6.13. The van der Waals surface area contributed by atoms with Gasteiger partial charge in [-0.15, -0.1) is 0 Å². The first-order chi connectivity index (χ1) is 12.5. The Labute approximate surface area is 154 Å². The van der Waals surface area contributed by atoms with Gasteiger partial charge in [0.05, 0.1) is 5.56 Å². The number of hydrogen-bond donors (Lipinski definition) is 1. The van der Waals surface area contributed by atoms with E-state index in [1.54, 1.807) is 46.8 Å². The molecule has 8 heteroatoms. The van der Waals surface area contributed by atoms with Crippen LogP contribution in [0.4, 0.5) is 5.82 Å². The number of amides is 1. The van der Waals surface area contributed by atoms with Crippen LogP contribution < -0.4 is 5.32 Å². The molecule has 0 radical (unpaired) electrons. The minimum absolute atomic E-state index is 0.276. The highest BCUT2D eigenvalue weighted by molar-refractivity contribution is 6.30. The summed E-state index contributed by atoms with van der Waals surface area (Å²) in [5, 5.41) is 11.9. The van der Waals surface area contributed by atoms with Crippen LogP contribution in [0.3, 0.4) is 0 Å². The van der Waals surface area contributed by atoms with Crippen molar-refractivity contribution in [2.24, 2.45) is 7.05 Å². The van der Waals surface area contributed by atoms with Crippen molar-refractivity contribution in [1.29, 1.82) is 0 Å². The lowest BCUT2D eigenvalue weighted by Gasteiger charge is -2.08. The van der Waals surface area contributed by atoms with E-state index < -0.39 is 0 Å². The molecule has 130 valence electrons. The van der Waals surface area contributed by atoms with E-state index in [0.717, 1.165) is 11.1 Å². The van der Waals surface area contributed by atoms with E-state index in [1.165, 1.54) is 0 Å². The molecule has 0 unspecified atom stereocenters. The molecule has 0 saturated heterocycles. The first kappa shape index (κ1) is 16.3. The smallest absolute Gasteiger partial charge is 0.258 e. The first-order valence-electron chi connectivity index (χ1n) is 7.93. The molecule has 1 amide bonds. The number of hydrogen-bond acceptors (Lipinski definition) is 4. The molecule has 7 nitrogen and oxygen atoms in total. The van der Waals surface area contributed by atoms with Crippen LogP contribution in [0.2, 0.25) is 5.02 Å². The zero-order chi connectivity index (χ0) is 18.3. The number of aryl methyl sites for hydroxylation is 2. The van der Waals surface area contributed by atoms with Crippen LogP contribution >= 0.6 is 11.6 Å². The fourth-order valence-electron chi connectivity index (χ4n) is 2.76. The van der Waals surface area contributed by atoms with Crippen molar-refractivity contribution >= 4 is 29.0 Å². The Balaban J connectivity index is 1.82. The Kier molecular flexibility index (Phi) is 3.93. The highest BCUT2D eigenvalue weighted by atomic mass is 35.5. The predicted molar refractivity (Wildman–Crippen MR) is 99.3 cm³/mol. The molecule has 3 aromatic heterocycles. The Morgan fingerprint density at radius 3 is 2.77 bits per heavy atom. The lowest BCUT2D eigenvalue weighted by atomic mass is 10.0. The van der Waals surface area contributed by atoms with Crippen molar-refractivity contribution in [1.82, 2.24) is 24.4 Å². The molecule has 4 rings (SSSR count). The van der Waals surface area contributed by atoms with Crippen molar-refractivity contribution in [3.8, 4) is 11.1 Å². The number of anilines is 1. The summed E-state index contributed by atoms with van der Waals surface area (Å²) in [6, 6.07) is 10.9. The van der Waals surface area contributed by atoms with Gasteiger partial charge in [-0.1, -0.05) is 23.7 Å². The van der Waals surface area contributed by atoms with E-state index in [1.807, 2.05) is 25.1 Å². The van der Waals surface area contributed by atoms with E-state index in [0.29, 0.717) is 27.9 Å². The number of carbonyl (C=O) groups excluding carboxylic acids is 1. The molecule has 0 aliphatic rings. The number of fused-ring (bicyclic) bond motifs is 1. The summed E-state index contributed by atoms with van der Waals surface area (Å²) in [5.41, 5.74) is 2.76. The number of nitrogens with one attached hydrogen (secondary N) is 1. The van der Waals surface area contributed by atoms with Crippen molar-refractivity contribution in [3.05, 3.63) is 65.2 Å². The van der Waals surface area contributed by atoms with Gasteiger partial charge in [-0.3, -0.25) is 9.48 Å². The lowest BCUT2D eigenvalue weighted by Crippen LogP contribution is -2.14. The van der Waals surface area contributed by atoms with Crippen LogP contribution in [0.25, 0.3) is 16.8 Å². The monoisotopic (exact) mass is 366 g/mol. The summed E-state index contributed by atoms with van der Waals surface area (Å²) < 4.78 is 3.23. The molecule has 0 saturated carbocycles. The van der Waals surface area contributed by atoms with Crippen molar-refractivity contribution < 1.29 is 4.79 Å². The van der Waals surface area contributed by atoms with Crippen LogP contribution in [0.1, 0.15) is 16.2 Å². The standard InChI is InChI=1S/C18H15ClN6O/c1-11-20-17-15(12-4-3-5-14(19)8-12)9-13(10-25(17)22-11)18(26)21-16-6-7-24(2)23-16/h3-10H,1-2H3,(H,21,23,26). The maximum absolute atomic E-state index is 12.7. The maximum atomic E-state index is 12.7. The molecule has 0 bridgehead atoms. The number of pyridine rings is 1. The summed E-state index contributed by atoms with van der Waals surface area (Å²) in [7, 11) is 1.79. The van der Waals surface area contributed by atoms with Gasteiger partial charge in [-0.05, 0) is 30.7 Å². The van der Waals surface area contributed by atoms with Gasteiger partial charge in [-0.25, -0.2) is 9.50 Å². The van der Waals surface area contributed by atoms with E-state index in [4.69, 9.17) is 11.6 Å². The summed E-state index contributed by atoms with van der Waals surface area (Å²) in [4.78, 5) is 17.1. The predicted octanol–water partition coefficient (Wildman–Crippen LogP) is 3.34. The molecule has 3 heterocycles. The second-order valence-electron chi connectivity index (χ2n) is 5.91. The second-order valence-corrected chi connectivity index (χ2v) is 6.35. The average Bonchev–Trinajstić information content (AvgIpc) is 3.18. The average molecular weight is 367 g/mol. The lowest BCUT2D eigenvalue weighted by molar-refractivity contribution is 0.102. The molecule has 26 heavy (non-hydrogen) atoms. The normalized spacial score (nSPS) is 11.0. The highest BCUT2D eigenvalue weighted by Crippen LogP contribution is 2.27. The van der Waals surface area contributed by atoms with Crippen molar-refractivity contribution in [2.75, 3.05) is 5.32 Å². The van der Waals surface area contributed by atoms with Crippen LogP contribution in [0.15, 0.2) is 48.8 Å². The molecule has 0 atom stereocenters. The van der Waals surface area contributed by atoms with Gasteiger partial charge in [0.1, 0.15) is 5.82 Å². The number of nitrogens with zero attached hydrogens (tertiary/aromatic N) is 5. The largest absolute Gasteiger partial charge is 0.305 e. The summed E-state index contributed by atoms with van der Waals surface area (Å²) in [6.07, 6.45) is 3.42. The maximum Gasteiger partial charge on any atom is 0.258 e. The fourth-order valence-corrected chi connectivity index (χ4v) is 2.95. The fraction of sp³-hybridized carbons (Fsp3) is 0.111. The second kappa shape index (κ2) is 6.27. The quantitative estimate of drug-likeness (QED) is 0.603. The number of aromatic nitrogens is 5. The molecule has 0 spiro atoms. The SMILES string of the molecule is Cc1nc2c(-c3cccc(Cl)c3)cc(C(=O)Nc3ccn(C)n3)cn2n1. The third kappa shape index (κ3) is 3.04. The van der Waals surface area contributed by atoms with Gasteiger partial charge in [0.2, 0.25) is 0 Å². The minimum atomic E-state index is -0.276. The van der Waals surface area contributed by atoms with Gasteiger partial charge in [0.25, 0.3) is 5.91 Å². The number of carbonyl (C=O) groups is 1. The minimum Gasteiger partial charge on any atom is -0.305 e. The van der Waals surface area contributed by atoms with Crippen LogP contribution in [-0.4, -0.2) is 30.3 Å². The Hall–Kier alpha value is -3.19. The van der Waals surface area contributed by atoms with Gasteiger partial charge in [0.15, 0.2) is 11.5 Å². The number of halogens is 1. The topological polar surface area (TPSA) is 77.1 Å². The van der Waals surface area contributed by atoms with Gasteiger partial charge in [-0.2, -0.15) is 10.2 Å². The van der Waals surface area contributed by atoms with Crippen LogP contribution in [-0.2, 0) is 7.05 Å². The molecule has 0 aliphatic heterocycles. The Bertz CT molecular complexity index is 1130. The van der Waals surface area contributed by atoms with E-state index in [2.05, 4.69) is 20.5 Å². The molecule has 0 fully saturated rings. The van der Waals surface area contributed by atoms with E-state index >= 15 is 0 Å². The van der Waals surface area contributed by atoms with Gasteiger partial charge >= 0.3 is 0 Å². The third-order valence-corrected chi connectivity index (χ3v) is 4.13. The van der Waals surface area contributed by atoms with Gasteiger partial charge < -0.3 is 5.32 Å². The molecule has 4 aromatic rings. The third-order valence-electron chi connectivity index (χ3n) is 3.89. The van der Waals surface area contributed by atoms with Crippen molar-refractivity contribution in [2.45, 2.75) is 6.92 Å². The molecular formula is C18H15ClN6O. The van der Waals surface area contributed by atoms with Crippen LogP contribution in [0, 0.1) is 6.92 Å². The van der Waals surface area contributed by atoms with E-state index in [9.17, 15) is 4.79 Å². The van der Waals surface area contributed by atoms with E-state index in [-0.39, 0.29) is 5.91 Å². The van der Waals surface area contributed by atoms with Gasteiger partial charge in [0, 0.05) is 36.1 Å².